The van der Waals surface area contributed by atoms with Gasteiger partial charge in [0, 0.05) is 19.3 Å². The molecule has 0 saturated heterocycles. The molecule has 416 valence electrons. The monoisotopic (exact) mass is 997 g/mol. The van der Waals surface area contributed by atoms with Gasteiger partial charge in [0.2, 0.25) is 0 Å². The van der Waals surface area contributed by atoms with E-state index in [1.807, 2.05) is 0 Å². The summed E-state index contributed by atoms with van der Waals surface area (Å²) in [4.78, 5) is 38.2. The van der Waals surface area contributed by atoms with Crippen molar-refractivity contribution in [3.8, 4) is 0 Å². The van der Waals surface area contributed by atoms with Gasteiger partial charge in [-0.25, -0.2) is 0 Å². The Morgan fingerprint density at radius 3 is 0.817 bits per heavy atom. The van der Waals surface area contributed by atoms with Crippen molar-refractivity contribution in [2.75, 3.05) is 13.2 Å². The molecule has 0 N–H and O–H groups in total. The molecular formula is C65H120O6. The molecule has 0 aliphatic carbocycles. The number of rotatable bonds is 58. The third-order valence-corrected chi connectivity index (χ3v) is 14.1. The topological polar surface area (TPSA) is 78.9 Å². The standard InChI is InChI=1S/C65H120O6/c1-4-7-10-13-16-19-22-25-27-29-31-32-33-35-36-38-40-43-46-49-52-55-58-64(67)70-61-62(60-69-63(66)57-54-51-48-45-42-24-21-18-15-12-9-6-3)71-65(68)59-56-53-50-47-44-41-39-37-34-30-28-26-23-20-17-14-11-8-5-2/h17,20,26,28,34,37,62H,4-16,18-19,21-25,27,29-33,35-36,38-61H2,1-3H3/b20-17-,28-26-,37-34-. The lowest BCUT2D eigenvalue weighted by molar-refractivity contribution is -0.167. The number of hydrogen-bond acceptors (Lipinski definition) is 6. The van der Waals surface area contributed by atoms with Gasteiger partial charge in [0.15, 0.2) is 6.10 Å². The molecule has 0 spiro atoms. The van der Waals surface area contributed by atoms with Gasteiger partial charge in [-0.15, -0.1) is 0 Å². The molecule has 0 bridgehead atoms. The molecule has 6 heteroatoms. The van der Waals surface area contributed by atoms with E-state index in [9.17, 15) is 14.4 Å². The van der Waals surface area contributed by atoms with Crippen LogP contribution in [0.25, 0.3) is 0 Å². The van der Waals surface area contributed by atoms with E-state index in [1.54, 1.807) is 0 Å². The molecule has 0 amide bonds. The largest absolute Gasteiger partial charge is 0.462 e. The fourth-order valence-electron chi connectivity index (χ4n) is 9.39. The normalized spacial score (nSPS) is 12.2. The zero-order chi connectivity index (χ0) is 51.4. The fraction of sp³-hybridized carbons (Fsp3) is 0.862. The van der Waals surface area contributed by atoms with E-state index in [4.69, 9.17) is 14.2 Å². The summed E-state index contributed by atoms with van der Waals surface area (Å²) in [6.45, 7) is 6.66. The Bertz CT molecular complexity index is 1190. The number of carbonyl (C=O) groups excluding carboxylic acids is 3. The van der Waals surface area contributed by atoms with Crippen LogP contribution in [0.2, 0.25) is 0 Å². The molecule has 1 unspecified atom stereocenters. The smallest absolute Gasteiger partial charge is 0.306 e. The zero-order valence-corrected chi connectivity index (χ0v) is 47.8. The summed E-state index contributed by atoms with van der Waals surface area (Å²) in [5.41, 5.74) is 0. The Morgan fingerprint density at radius 1 is 0.282 bits per heavy atom. The van der Waals surface area contributed by atoms with E-state index in [0.29, 0.717) is 19.3 Å². The Morgan fingerprint density at radius 2 is 0.507 bits per heavy atom. The summed E-state index contributed by atoms with van der Waals surface area (Å²) in [6.07, 6.45) is 72.9. The van der Waals surface area contributed by atoms with Gasteiger partial charge in [-0.05, 0) is 57.8 Å². The van der Waals surface area contributed by atoms with Crippen molar-refractivity contribution in [1.82, 2.24) is 0 Å². The van der Waals surface area contributed by atoms with Crippen molar-refractivity contribution < 1.29 is 28.6 Å². The van der Waals surface area contributed by atoms with Gasteiger partial charge in [0.25, 0.3) is 0 Å². The first-order chi connectivity index (χ1) is 35.0. The Balaban J connectivity index is 4.28. The molecule has 0 aliphatic heterocycles. The highest BCUT2D eigenvalue weighted by Gasteiger charge is 2.19. The number of allylic oxidation sites excluding steroid dienone is 6. The maximum atomic E-state index is 12.9. The van der Waals surface area contributed by atoms with Gasteiger partial charge in [-0.1, -0.05) is 301 Å². The second-order valence-electron chi connectivity index (χ2n) is 21.3. The van der Waals surface area contributed by atoms with Crippen molar-refractivity contribution >= 4 is 17.9 Å². The fourth-order valence-corrected chi connectivity index (χ4v) is 9.39. The maximum Gasteiger partial charge on any atom is 0.306 e. The van der Waals surface area contributed by atoms with Crippen LogP contribution < -0.4 is 0 Å². The highest BCUT2D eigenvalue weighted by Crippen LogP contribution is 2.18. The van der Waals surface area contributed by atoms with Crippen LogP contribution in [-0.2, 0) is 28.6 Å². The van der Waals surface area contributed by atoms with Crippen LogP contribution in [0.4, 0.5) is 0 Å². The molecule has 1 atom stereocenters. The van der Waals surface area contributed by atoms with Crippen LogP contribution in [0.3, 0.4) is 0 Å². The third-order valence-electron chi connectivity index (χ3n) is 14.1. The van der Waals surface area contributed by atoms with E-state index in [-0.39, 0.29) is 31.1 Å². The van der Waals surface area contributed by atoms with E-state index >= 15 is 0 Å². The van der Waals surface area contributed by atoms with E-state index < -0.39 is 6.10 Å². The predicted molar refractivity (Wildman–Crippen MR) is 307 cm³/mol. The van der Waals surface area contributed by atoms with E-state index in [1.165, 1.54) is 225 Å². The molecule has 0 fully saturated rings. The molecule has 0 radical (unpaired) electrons. The van der Waals surface area contributed by atoms with Gasteiger partial charge >= 0.3 is 17.9 Å². The molecule has 71 heavy (non-hydrogen) atoms. The minimum atomic E-state index is -0.775. The van der Waals surface area contributed by atoms with Crippen LogP contribution in [0, 0.1) is 0 Å². The number of unbranched alkanes of at least 4 members (excludes halogenated alkanes) is 41. The van der Waals surface area contributed by atoms with Crippen molar-refractivity contribution in [1.29, 1.82) is 0 Å². The minimum Gasteiger partial charge on any atom is -0.462 e. The highest BCUT2D eigenvalue weighted by molar-refractivity contribution is 5.71. The van der Waals surface area contributed by atoms with Crippen LogP contribution in [0.15, 0.2) is 36.5 Å². The zero-order valence-electron chi connectivity index (χ0n) is 47.8. The lowest BCUT2D eigenvalue weighted by atomic mass is 10.0. The van der Waals surface area contributed by atoms with E-state index in [0.717, 1.165) is 77.0 Å². The summed E-state index contributed by atoms with van der Waals surface area (Å²) >= 11 is 0. The molecule has 6 nitrogen and oxygen atoms in total. The predicted octanol–water partition coefficient (Wildman–Crippen LogP) is 21.2. The molecule has 0 aromatic heterocycles. The first kappa shape index (κ1) is 68.6. The first-order valence-electron chi connectivity index (χ1n) is 31.5. The summed E-state index contributed by atoms with van der Waals surface area (Å²) in [5.74, 6) is -0.862. The second kappa shape index (κ2) is 60.2. The highest BCUT2D eigenvalue weighted by atomic mass is 16.6. The first-order valence-corrected chi connectivity index (χ1v) is 31.5. The molecule has 0 aromatic rings. The van der Waals surface area contributed by atoms with Crippen molar-refractivity contribution in [3.05, 3.63) is 36.5 Å². The average molecular weight is 998 g/mol. The third kappa shape index (κ3) is 58.4. The van der Waals surface area contributed by atoms with Gasteiger partial charge < -0.3 is 14.2 Å². The second-order valence-corrected chi connectivity index (χ2v) is 21.3. The van der Waals surface area contributed by atoms with Crippen molar-refractivity contribution in [2.45, 2.75) is 348 Å². The maximum absolute atomic E-state index is 12.9. The Kier molecular flexibility index (Phi) is 58.2. The lowest BCUT2D eigenvalue weighted by Crippen LogP contribution is -2.30. The SMILES string of the molecule is CCCCC/C=C\C/C=C\C/C=C\CCCCCCCCC(=O)OC(COC(=O)CCCCCCCCCCCCCC)COC(=O)CCCCCCCCCCCCCCCCCCCCCCCC. The van der Waals surface area contributed by atoms with E-state index in [2.05, 4.69) is 57.2 Å². The molecule has 0 heterocycles. The van der Waals surface area contributed by atoms with Gasteiger partial charge in [0.05, 0.1) is 0 Å². The molecule has 0 aliphatic rings. The van der Waals surface area contributed by atoms with Crippen LogP contribution in [0.1, 0.15) is 342 Å². The number of hydrogen-bond donors (Lipinski definition) is 0. The van der Waals surface area contributed by atoms with Crippen molar-refractivity contribution in [3.63, 3.8) is 0 Å². The summed E-state index contributed by atoms with van der Waals surface area (Å²) < 4.78 is 16.9. The number of ether oxygens (including phenoxy) is 3. The average Bonchev–Trinajstić information content (AvgIpc) is 3.37. The van der Waals surface area contributed by atoms with Crippen molar-refractivity contribution in [2.24, 2.45) is 0 Å². The number of esters is 3. The van der Waals surface area contributed by atoms with Gasteiger partial charge in [-0.2, -0.15) is 0 Å². The quantitative estimate of drug-likeness (QED) is 0.0261. The molecule has 0 saturated carbocycles. The van der Waals surface area contributed by atoms with Crippen LogP contribution >= 0.6 is 0 Å². The van der Waals surface area contributed by atoms with Gasteiger partial charge in [0.1, 0.15) is 13.2 Å². The van der Waals surface area contributed by atoms with Crippen LogP contribution in [0.5, 0.6) is 0 Å². The molecule has 0 aromatic carbocycles. The Labute approximate surface area is 442 Å². The minimum absolute atomic E-state index is 0.0724. The molecule has 0 rings (SSSR count). The Hall–Kier alpha value is -2.37. The van der Waals surface area contributed by atoms with Crippen LogP contribution in [-0.4, -0.2) is 37.2 Å². The number of carbonyl (C=O) groups is 3. The summed E-state index contributed by atoms with van der Waals surface area (Å²) in [6, 6.07) is 0. The summed E-state index contributed by atoms with van der Waals surface area (Å²) in [5, 5.41) is 0. The lowest BCUT2D eigenvalue weighted by Gasteiger charge is -2.18. The van der Waals surface area contributed by atoms with Gasteiger partial charge in [-0.3, -0.25) is 14.4 Å². The molecular weight excluding hydrogens is 877 g/mol. The summed E-state index contributed by atoms with van der Waals surface area (Å²) in [7, 11) is 0.